The highest BCUT2D eigenvalue weighted by Gasteiger charge is 2.07. The minimum absolute atomic E-state index is 0.314. The Balaban J connectivity index is 1.86. The molecule has 0 spiro atoms. The molecule has 0 aliphatic rings. The van der Waals surface area contributed by atoms with Crippen LogP contribution >= 0.6 is 27.7 Å². The number of aliphatic hydroxyl groups excluding tert-OH is 1. The lowest BCUT2D eigenvalue weighted by molar-refractivity contribution is 0.200. The largest absolute Gasteiger partial charge is 0.392 e. The van der Waals surface area contributed by atoms with Gasteiger partial charge >= 0.3 is 0 Å². The van der Waals surface area contributed by atoms with Crippen LogP contribution in [0.15, 0.2) is 57.9 Å². The first-order valence-corrected chi connectivity index (χ1v) is 8.04. The van der Waals surface area contributed by atoms with E-state index in [-0.39, 0.29) is 6.10 Å². The van der Waals surface area contributed by atoms with Crippen molar-refractivity contribution in [2.75, 3.05) is 5.75 Å². The van der Waals surface area contributed by atoms with Gasteiger partial charge in [0.05, 0.1) is 6.10 Å². The lowest BCUT2D eigenvalue weighted by Crippen LogP contribution is -2.13. The van der Waals surface area contributed by atoms with Gasteiger partial charge in [-0.1, -0.05) is 46.3 Å². The third-order valence-electron chi connectivity index (χ3n) is 2.91. The molecule has 0 saturated carbocycles. The number of rotatable bonds is 5. The third-order valence-corrected chi connectivity index (χ3v) is 4.76. The topological polar surface area (TPSA) is 20.2 Å². The lowest BCUT2D eigenvalue weighted by atomic mass is 10.1. The summed E-state index contributed by atoms with van der Waals surface area (Å²) in [5.41, 5.74) is 2.43. The van der Waals surface area contributed by atoms with Crippen molar-refractivity contribution in [3.8, 4) is 0 Å². The Hall–Kier alpha value is -0.770. The van der Waals surface area contributed by atoms with E-state index in [0.717, 1.165) is 10.2 Å². The molecule has 3 heteroatoms. The molecule has 1 N–H and O–H groups in total. The van der Waals surface area contributed by atoms with Crippen molar-refractivity contribution in [2.24, 2.45) is 0 Å². The maximum absolute atomic E-state index is 10.1. The zero-order valence-electron chi connectivity index (χ0n) is 10.8. The molecule has 2 aromatic carbocycles. The predicted octanol–water partition coefficient (Wildman–Crippen LogP) is 4.45. The summed E-state index contributed by atoms with van der Waals surface area (Å²) < 4.78 is 1.07. The van der Waals surface area contributed by atoms with Gasteiger partial charge in [0.2, 0.25) is 0 Å². The summed E-state index contributed by atoms with van der Waals surface area (Å²) in [5.74, 6) is 0.723. The van der Waals surface area contributed by atoms with Crippen LogP contribution < -0.4 is 0 Å². The zero-order valence-corrected chi connectivity index (χ0v) is 13.2. The molecular weight excluding hydrogens is 320 g/mol. The molecule has 1 atom stereocenters. The Labute approximate surface area is 127 Å². The van der Waals surface area contributed by atoms with E-state index in [1.807, 2.05) is 36.4 Å². The lowest BCUT2D eigenvalue weighted by Gasteiger charge is -2.11. The van der Waals surface area contributed by atoms with E-state index in [0.29, 0.717) is 6.42 Å². The van der Waals surface area contributed by atoms with Gasteiger partial charge in [0, 0.05) is 15.1 Å². The number of hydrogen-bond donors (Lipinski definition) is 1. The van der Waals surface area contributed by atoms with Crippen molar-refractivity contribution in [1.29, 1.82) is 0 Å². The summed E-state index contributed by atoms with van der Waals surface area (Å²) in [4.78, 5) is 1.25. The van der Waals surface area contributed by atoms with Gasteiger partial charge in [0.15, 0.2) is 0 Å². The Morgan fingerprint density at radius 1 is 1.11 bits per heavy atom. The van der Waals surface area contributed by atoms with Crippen molar-refractivity contribution in [2.45, 2.75) is 24.3 Å². The van der Waals surface area contributed by atoms with Crippen LogP contribution in [0.25, 0.3) is 0 Å². The molecule has 0 saturated heterocycles. The molecule has 1 unspecified atom stereocenters. The molecule has 0 heterocycles. The normalized spacial score (nSPS) is 12.4. The summed E-state index contributed by atoms with van der Waals surface area (Å²) in [6.45, 7) is 2.10. The second-order valence-electron chi connectivity index (χ2n) is 4.56. The van der Waals surface area contributed by atoms with Crippen LogP contribution in [0.4, 0.5) is 0 Å². The van der Waals surface area contributed by atoms with E-state index < -0.39 is 0 Å². The summed E-state index contributed by atoms with van der Waals surface area (Å²) >= 11 is 5.13. The van der Waals surface area contributed by atoms with E-state index >= 15 is 0 Å². The Bertz CT molecular complexity index is 525. The van der Waals surface area contributed by atoms with Crippen LogP contribution in [0, 0.1) is 6.92 Å². The summed E-state index contributed by atoms with van der Waals surface area (Å²) in [6.07, 6.45) is 0.386. The van der Waals surface area contributed by atoms with E-state index in [1.165, 1.54) is 16.0 Å². The molecular formula is C16H17BrOS. The highest BCUT2D eigenvalue weighted by atomic mass is 79.9. The zero-order chi connectivity index (χ0) is 13.7. The average Bonchev–Trinajstić information content (AvgIpc) is 2.40. The summed E-state index contributed by atoms with van der Waals surface area (Å²) in [5, 5.41) is 10.1. The van der Waals surface area contributed by atoms with Gasteiger partial charge in [0.25, 0.3) is 0 Å². The molecule has 100 valence electrons. The van der Waals surface area contributed by atoms with E-state index in [4.69, 9.17) is 0 Å². The molecule has 19 heavy (non-hydrogen) atoms. The molecule has 0 aliphatic carbocycles. The van der Waals surface area contributed by atoms with E-state index in [1.54, 1.807) is 11.8 Å². The fourth-order valence-electron chi connectivity index (χ4n) is 1.86. The fourth-order valence-corrected chi connectivity index (χ4v) is 3.08. The van der Waals surface area contributed by atoms with Crippen LogP contribution in [0.1, 0.15) is 11.1 Å². The first kappa shape index (κ1) is 14.6. The van der Waals surface area contributed by atoms with E-state index in [9.17, 15) is 5.11 Å². The molecule has 0 amide bonds. The van der Waals surface area contributed by atoms with Gasteiger partial charge in [-0.3, -0.25) is 0 Å². The Morgan fingerprint density at radius 2 is 1.79 bits per heavy atom. The molecule has 0 aliphatic heterocycles. The molecule has 1 nitrogen and oxygen atoms in total. The first-order valence-electron chi connectivity index (χ1n) is 6.26. The highest BCUT2D eigenvalue weighted by Crippen LogP contribution is 2.23. The molecule has 2 rings (SSSR count). The third kappa shape index (κ3) is 4.68. The van der Waals surface area contributed by atoms with Crippen LogP contribution in [0.5, 0.6) is 0 Å². The second-order valence-corrected chi connectivity index (χ2v) is 6.54. The molecule has 0 fully saturated rings. The highest BCUT2D eigenvalue weighted by molar-refractivity contribution is 9.10. The van der Waals surface area contributed by atoms with Gasteiger partial charge in [-0.05, 0) is 42.7 Å². The quantitative estimate of drug-likeness (QED) is 0.814. The second kappa shape index (κ2) is 7.13. The van der Waals surface area contributed by atoms with Gasteiger partial charge < -0.3 is 5.11 Å². The molecule has 2 aromatic rings. The minimum atomic E-state index is -0.314. The monoisotopic (exact) mass is 336 g/mol. The molecule has 0 bridgehead atoms. The van der Waals surface area contributed by atoms with Crippen molar-refractivity contribution in [3.63, 3.8) is 0 Å². The first-order chi connectivity index (χ1) is 9.15. The van der Waals surface area contributed by atoms with Gasteiger partial charge in [-0.25, -0.2) is 0 Å². The van der Waals surface area contributed by atoms with Crippen molar-refractivity contribution < 1.29 is 5.11 Å². The van der Waals surface area contributed by atoms with Crippen molar-refractivity contribution >= 4 is 27.7 Å². The Morgan fingerprint density at radius 3 is 2.47 bits per heavy atom. The van der Waals surface area contributed by atoms with Gasteiger partial charge in [0.1, 0.15) is 0 Å². The summed E-state index contributed by atoms with van der Waals surface area (Å²) in [6, 6.07) is 16.4. The van der Waals surface area contributed by atoms with Crippen LogP contribution in [-0.4, -0.2) is 17.0 Å². The Kier molecular flexibility index (Phi) is 5.49. The number of hydrogen-bond acceptors (Lipinski definition) is 2. The van der Waals surface area contributed by atoms with Gasteiger partial charge in [-0.15, -0.1) is 11.8 Å². The minimum Gasteiger partial charge on any atom is -0.392 e. The number of benzene rings is 2. The van der Waals surface area contributed by atoms with Crippen molar-refractivity contribution in [3.05, 3.63) is 64.1 Å². The molecule has 0 radical (unpaired) electrons. The number of thioether (sulfide) groups is 1. The smallest absolute Gasteiger partial charge is 0.0674 e. The predicted molar refractivity (Wildman–Crippen MR) is 85.8 cm³/mol. The average molecular weight is 337 g/mol. The SMILES string of the molecule is Cc1ccccc1SCC(O)Cc1ccc(Br)cc1. The van der Waals surface area contributed by atoms with E-state index in [2.05, 4.69) is 35.0 Å². The van der Waals surface area contributed by atoms with Gasteiger partial charge in [-0.2, -0.15) is 0 Å². The van der Waals surface area contributed by atoms with Crippen LogP contribution in [0.3, 0.4) is 0 Å². The van der Waals surface area contributed by atoms with Crippen molar-refractivity contribution in [1.82, 2.24) is 0 Å². The van der Waals surface area contributed by atoms with Crippen LogP contribution in [0.2, 0.25) is 0 Å². The number of aliphatic hydroxyl groups is 1. The summed E-state index contributed by atoms with van der Waals surface area (Å²) in [7, 11) is 0. The van der Waals surface area contributed by atoms with Crippen LogP contribution in [-0.2, 0) is 6.42 Å². The fraction of sp³-hybridized carbons (Fsp3) is 0.250. The number of halogens is 1. The molecule has 0 aromatic heterocycles. The standard InChI is InChI=1S/C16H17BrOS/c1-12-4-2-3-5-16(12)19-11-15(18)10-13-6-8-14(17)9-7-13/h2-9,15,18H,10-11H2,1H3. The number of aryl methyl sites for hydroxylation is 1. The maximum Gasteiger partial charge on any atom is 0.0674 e. The maximum atomic E-state index is 10.1.